The molecule has 1 heterocycles. The Labute approximate surface area is 96.0 Å². The van der Waals surface area contributed by atoms with Crippen molar-refractivity contribution in [3.8, 4) is 0 Å². The van der Waals surface area contributed by atoms with Crippen molar-refractivity contribution in [1.29, 1.82) is 0 Å². The molecule has 0 aliphatic heterocycles. The molecule has 4 nitrogen and oxygen atoms in total. The van der Waals surface area contributed by atoms with Crippen LogP contribution in [0.1, 0.15) is 21.8 Å². The van der Waals surface area contributed by atoms with Crippen LogP contribution in [-0.4, -0.2) is 16.2 Å². The smallest absolute Gasteiger partial charge is 0.358 e. The Kier molecular flexibility index (Phi) is 3.00. The zero-order valence-electron chi connectivity index (χ0n) is 8.63. The predicted octanol–water partition coefficient (Wildman–Crippen LogP) is 2.68. The fourth-order valence-corrected chi connectivity index (χ4v) is 1.25. The van der Waals surface area contributed by atoms with E-state index in [-0.39, 0.29) is 17.3 Å². The van der Waals surface area contributed by atoms with E-state index < -0.39 is 5.97 Å². The molecule has 0 spiro atoms. The first-order valence-electron chi connectivity index (χ1n) is 4.79. The number of halogens is 1. The van der Waals surface area contributed by atoms with Gasteiger partial charge in [0.1, 0.15) is 5.82 Å². The minimum absolute atomic E-state index is 0.182. The lowest BCUT2D eigenvalue weighted by Crippen LogP contribution is -1.94. The first kappa shape index (κ1) is 11.1. The zero-order chi connectivity index (χ0) is 12.3. The van der Waals surface area contributed by atoms with E-state index in [2.05, 4.69) is 5.16 Å². The SMILES string of the molecule is O=C(O)c1cc(/C=C/c2ccccc2F)on1. The lowest BCUT2D eigenvalue weighted by molar-refractivity contribution is 0.0685. The summed E-state index contributed by atoms with van der Waals surface area (Å²) in [4.78, 5) is 10.5. The van der Waals surface area contributed by atoms with Gasteiger partial charge in [0.2, 0.25) is 0 Å². The Morgan fingerprint density at radius 2 is 2.12 bits per heavy atom. The first-order valence-corrected chi connectivity index (χ1v) is 4.79. The molecule has 0 fully saturated rings. The molecule has 0 unspecified atom stereocenters. The van der Waals surface area contributed by atoms with Crippen LogP contribution in [0.5, 0.6) is 0 Å². The molecule has 0 amide bonds. The van der Waals surface area contributed by atoms with Crippen LogP contribution >= 0.6 is 0 Å². The second kappa shape index (κ2) is 4.61. The third-order valence-electron chi connectivity index (χ3n) is 2.08. The molecule has 1 aromatic heterocycles. The number of carbonyl (C=O) groups is 1. The van der Waals surface area contributed by atoms with Gasteiger partial charge in [0, 0.05) is 11.6 Å². The average Bonchev–Trinajstić information content (AvgIpc) is 2.77. The van der Waals surface area contributed by atoms with Crippen molar-refractivity contribution in [2.24, 2.45) is 0 Å². The summed E-state index contributed by atoms with van der Waals surface area (Å²) in [6.07, 6.45) is 2.94. The number of hydrogen-bond acceptors (Lipinski definition) is 3. The fraction of sp³-hybridized carbons (Fsp3) is 0. The van der Waals surface area contributed by atoms with Crippen LogP contribution in [0, 0.1) is 5.82 Å². The van der Waals surface area contributed by atoms with E-state index in [4.69, 9.17) is 9.63 Å². The lowest BCUT2D eigenvalue weighted by atomic mass is 10.2. The standard InChI is InChI=1S/C12H8FNO3/c13-10-4-2-1-3-8(10)5-6-9-7-11(12(15)16)14-17-9/h1-7H,(H,15,16)/b6-5+. The minimum atomic E-state index is -1.17. The molecule has 0 radical (unpaired) electrons. The van der Waals surface area contributed by atoms with Crippen molar-refractivity contribution in [2.75, 3.05) is 0 Å². The number of benzene rings is 1. The van der Waals surface area contributed by atoms with Crippen LogP contribution in [0.15, 0.2) is 34.9 Å². The highest BCUT2D eigenvalue weighted by molar-refractivity contribution is 5.86. The fourth-order valence-electron chi connectivity index (χ4n) is 1.25. The normalized spacial score (nSPS) is 10.9. The lowest BCUT2D eigenvalue weighted by Gasteiger charge is -1.93. The number of rotatable bonds is 3. The summed E-state index contributed by atoms with van der Waals surface area (Å²) < 4.78 is 18.0. The first-order chi connectivity index (χ1) is 8.16. The number of aromatic nitrogens is 1. The predicted molar refractivity (Wildman–Crippen MR) is 58.8 cm³/mol. The van der Waals surface area contributed by atoms with Crippen LogP contribution in [0.25, 0.3) is 12.2 Å². The average molecular weight is 233 g/mol. The van der Waals surface area contributed by atoms with Crippen LogP contribution in [0.3, 0.4) is 0 Å². The van der Waals surface area contributed by atoms with Crippen molar-refractivity contribution >= 4 is 18.1 Å². The summed E-state index contributed by atoms with van der Waals surface area (Å²) >= 11 is 0. The second-order valence-electron chi connectivity index (χ2n) is 3.27. The molecule has 0 saturated carbocycles. The van der Waals surface area contributed by atoms with E-state index in [9.17, 15) is 9.18 Å². The molecular weight excluding hydrogens is 225 g/mol. The van der Waals surface area contributed by atoms with E-state index in [1.165, 1.54) is 24.3 Å². The van der Waals surface area contributed by atoms with Crippen molar-refractivity contribution in [1.82, 2.24) is 5.16 Å². The number of nitrogens with zero attached hydrogens (tertiary/aromatic N) is 1. The molecule has 2 aromatic rings. The van der Waals surface area contributed by atoms with E-state index in [1.807, 2.05) is 0 Å². The Bertz CT molecular complexity index is 575. The molecule has 0 bridgehead atoms. The maximum absolute atomic E-state index is 13.2. The molecule has 1 N–H and O–H groups in total. The third kappa shape index (κ3) is 2.57. The Morgan fingerprint density at radius 3 is 2.76 bits per heavy atom. The summed E-state index contributed by atoms with van der Waals surface area (Å²) in [6.45, 7) is 0. The number of carboxylic acid groups (broad SMARTS) is 1. The zero-order valence-corrected chi connectivity index (χ0v) is 8.63. The monoisotopic (exact) mass is 233 g/mol. The van der Waals surface area contributed by atoms with Gasteiger partial charge >= 0.3 is 5.97 Å². The van der Waals surface area contributed by atoms with Gasteiger partial charge in [-0.3, -0.25) is 0 Å². The number of hydrogen-bond donors (Lipinski definition) is 1. The van der Waals surface area contributed by atoms with E-state index in [1.54, 1.807) is 18.2 Å². The van der Waals surface area contributed by atoms with Crippen molar-refractivity contribution in [3.05, 3.63) is 53.2 Å². The van der Waals surface area contributed by atoms with E-state index in [0.717, 1.165) is 0 Å². The number of aromatic carboxylic acids is 1. The molecule has 5 heteroatoms. The van der Waals surface area contributed by atoms with Crippen LogP contribution in [0.4, 0.5) is 4.39 Å². The molecule has 0 saturated heterocycles. The molecule has 1 aromatic carbocycles. The highest BCUT2D eigenvalue weighted by atomic mass is 19.1. The van der Waals surface area contributed by atoms with E-state index >= 15 is 0 Å². The van der Waals surface area contributed by atoms with Crippen LogP contribution in [-0.2, 0) is 0 Å². The summed E-state index contributed by atoms with van der Waals surface area (Å²) in [7, 11) is 0. The summed E-state index contributed by atoms with van der Waals surface area (Å²) in [5.41, 5.74) is 0.207. The number of carboxylic acids is 1. The Morgan fingerprint density at radius 1 is 1.35 bits per heavy atom. The topological polar surface area (TPSA) is 63.3 Å². The summed E-state index contributed by atoms with van der Waals surface area (Å²) in [5, 5.41) is 12.0. The van der Waals surface area contributed by atoms with Gasteiger partial charge in [-0.2, -0.15) is 0 Å². The molecule has 17 heavy (non-hydrogen) atoms. The summed E-state index contributed by atoms with van der Waals surface area (Å²) in [5.74, 6) is -1.27. The Balaban J connectivity index is 2.20. The highest BCUT2D eigenvalue weighted by Crippen LogP contribution is 2.12. The molecule has 0 aliphatic rings. The van der Waals surface area contributed by atoms with Gasteiger partial charge < -0.3 is 9.63 Å². The largest absolute Gasteiger partial charge is 0.476 e. The molecule has 86 valence electrons. The van der Waals surface area contributed by atoms with Gasteiger partial charge in [0.25, 0.3) is 0 Å². The van der Waals surface area contributed by atoms with Gasteiger partial charge in [-0.1, -0.05) is 23.4 Å². The Hall–Kier alpha value is -2.43. The van der Waals surface area contributed by atoms with Crippen molar-refractivity contribution in [2.45, 2.75) is 0 Å². The van der Waals surface area contributed by atoms with Gasteiger partial charge in [0.15, 0.2) is 11.5 Å². The quantitative estimate of drug-likeness (QED) is 0.885. The highest BCUT2D eigenvalue weighted by Gasteiger charge is 2.08. The molecule has 2 rings (SSSR count). The second-order valence-corrected chi connectivity index (χ2v) is 3.27. The van der Waals surface area contributed by atoms with Crippen molar-refractivity contribution < 1.29 is 18.8 Å². The van der Waals surface area contributed by atoms with Gasteiger partial charge in [-0.25, -0.2) is 9.18 Å². The molecular formula is C12H8FNO3. The van der Waals surface area contributed by atoms with Crippen LogP contribution in [0.2, 0.25) is 0 Å². The van der Waals surface area contributed by atoms with E-state index in [0.29, 0.717) is 5.56 Å². The molecule has 0 aliphatic carbocycles. The van der Waals surface area contributed by atoms with Gasteiger partial charge in [0.05, 0.1) is 0 Å². The maximum atomic E-state index is 13.2. The van der Waals surface area contributed by atoms with Crippen LogP contribution < -0.4 is 0 Å². The molecule has 0 atom stereocenters. The third-order valence-corrected chi connectivity index (χ3v) is 2.08. The summed E-state index contributed by atoms with van der Waals surface area (Å²) in [6, 6.07) is 7.48. The minimum Gasteiger partial charge on any atom is -0.476 e. The van der Waals surface area contributed by atoms with Gasteiger partial charge in [-0.05, 0) is 18.2 Å². The van der Waals surface area contributed by atoms with Gasteiger partial charge in [-0.15, -0.1) is 0 Å². The van der Waals surface area contributed by atoms with Crippen molar-refractivity contribution in [3.63, 3.8) is 0 Å². The maximum Gasteiger partial charge on any atom is 0.358 e.